The van der Waals surface area contributed by atoms with Crippen molar-refractivity contribution in [3.63, 3.8) is 0 Å². The first-order valence-corrected chi connectivity index (χ1v) is 6.49. The number of alkyl halides is 1. The van der Waals surface area contributed by atoms with Gasteiger partial charge in [-0.05, 0) is 33.6 Å². The molecule has 0 unspecified atom stereocenters. The van der Waals surface area contributed by atoms with Crippen molar-refractivity contribution in [2.45, 2.75) is 57.5 Å². The Bertz CT molecular complexity index is 393. The van der Waals surface area contributed by atoms with E-state index in [4.69, 9.17) is 4.74 Å². The molecule has 1 amide bonds. The normalized spacial score (nSPS) is 33.4. The van der Waals surface area contributed by atoms with Crippen molar-refractivity contribution in [3.05, 3.63) is 0 Å². The minimum Gasteiger partial charge on any atom is -0.467 e. The fraction of sp³-hybridized carbons (Fsp3) is 0.846. The highest BCUT2D eigenvalue weighted by Gasteiger charge is 2.59. The topological polar surface area (TPSA) is 55.8 Å². The van der Waals surface area contributed by atoms with Gasteiger partial charge in [0.15, 0.2) is 6.04 Å². The van der Waals surface area contributed by atoms with E-state index in [1.54, 1.807) is 20.8 Å². The summed E-state index contributed by atoms with van der Waals surface area (Å²) in [5.41, 5.74) is -0.675. The standard InChI is InChI=1S/C13H20FNO4/c1-13(2,3)19-12(17)15-8-6-5-7(8)9(14)10(15)11(16)18-4/h7-10H,5-6H2,1-4H3/t7-,8+,9-,10+/m0/s1. The lowest BCUT2D eigenvalue weighted by Crippen LogP contribution is -2.50. The molecule has 2 fully saturated rings. The molecule has 1 saturated heterocycles. The first kappa shape index (κ1) is 14.1. The molecule has 0 aromatic rings. The molecule has 0 radical (unpaired) electrons. The number of likely N-dealkylation sites (tertiary alicyclic amines) is 1. The first-order chi connectivity index (χ1) is 8.76. The van der Waals surface area contributed by atoms with Gasteiger partial charge in [-0.25, -0.2) is 14.0 Å². The third kappa shape index (κ3) is 2.40. The molecule has 2 rings (SSSR count). The number of esters is 1. The minimum absolute atomic E-state index is 0.242. The number of rotatable bonds is 1. The predicted octanol–water partition coefficient (Wildman–Crippen LogP) is 1.90. The Morgan fingerprint density at radius 2 is 1.89 bits per heavy atom. The van der Waals surface area contributed by atoms with E-state index in [9.17, 15) is 14.0 Å². The number of methoxy groups -OCH3 is 1. The molecule has 4 atom stereocenters. The van der Waals surface area contributed by atoms with Gasteiger partial charge in [-0.15, -0.1) is 0 Å². The zero-order chi connectivity index (χ0) is 14.4. The van der Waals surface area contributed by atoms with Gasteiger partial charge < -0.3 is 9.47 Å². The number of ether oxygens (including phenoxy) is 2. The number of carbonyl (C=O) groups excluding carboxylic acids is 2. The van der Waals surface area contributed by atoms with Gasteiger partial charge in [0.2, 0.25) is 0 Å². The highest BCUT2D eigenvalue weighted by Crippen LogP contribution is 2.46. The van der Waals surface area contributed by atoms with Gasteiger partial charge in [0.05, 0.1) is 7.11 Å². The lowest BCUT2D eigenvalue weighted by molar-refractivity contribution is -0.147. The van der Waals surface area contributed by atoms with Crippen LogP contribution in [-0.4, -0.2) is 47.9 Å². The summed E-state index contributed by atoms with van der Waals surface area (Å²) in [7, 11) is 1.20. The molecule has 19 heavy (non-hydrogen) atoms. The zero-order valence-electron chi connectivity index (χ0n) is 11.7. The molecular formula is C13H20FNO4. The number of carbonyl (C=O) groups is 2. The second-order valence-corrected chi connectivity index (χ2v) is 6.11. The number of hydrogen-bond donors (Lipinski definition) is 0. The Labute approximate surface area is 112 Å². The molecule has 0 bridgehead atoms. The summed E-state index contributed by atoms with van der Waals surface area (Å²) in [6.45, 7) is 5.21. The Kier molecular flexibility index (Phi) is 3.45. The van der Waals surface area contributed by atoms with Crippen LogP contribution in [-0.2, 0) is 14.3 Å². The summed E-state index contributed by atoms with van der Waals surface area (Å²) in [5.74, 6) is -0.982. The van der Waals surface area contributed by atoms with E-state index in [2.05, 4.69) is 4.74 Å². The number of halogens is 1. The van der Waals surface area contributed by atoms with Crippen LogP contribution < -0.4 is 0 Å². The number of amides is 1. The number of nitrogens with zero attached hydrogens (tertiary/aromatic N) is 1. The second kappa shape index (κ2) is 4.65. The largest absolute Gasteiger partial charge is 0.467 e. The van der Waals surface area contributed by atoms with E-state index >= 15 is 0 Å². The quantitative estimate of drug-likeness (QED) is 0.685. The van der Waals surface area contributed by atoms with Crippen LogP contribution in [0.25, 0.3) is 0 Å². The molecular weight excluding hydrogens is 253 g/mol. The average Bonchev–Trinajstić information content (AvgIpc) is 2.42. The molecule has 5 nitrogen and oxygen atoms in total. The maximum absolute atomic E-state index is 14.2. The molecule has 1 aliphatic heterocycles. The molecule has 1 saturated carbocycles. The summed E-state index contributed by atoms with van der Waals surface area (Å²) in [6.07, 6.45) is -0.604. The van der Waals surface area contributed by atoms with E-state index in [1.807, 2.05) is 0 Å². The van der Waals surface area contributed by atoms with Crippen LogP contribution >= 0.6 is 0 Å². The molecule has 2 aliphatic rings. The van der Waals surface area contributed by atoms with E-state index in [1.165, 1.54) is 12.0 Å². The van der Waals surface area contributed by atoms with Crippen LogP contribution in [0.2, 0.25) is 0 Å². The van der Waals surface area contributed by atoms with Gasteiger partial charge in [0.1, 0.15) is 11.8 Å². The fourth-order valence-corrected chi connectivity index (χ4v) is 2.75. The molecule has 1 heterocycles. The average molecular weight is 273 g/mol. The fourth-order valence-electron chi connectivity index (χ4n) is 2.75. The molecule has 108 valence electrons. The summed E-state index contributed by atoms with van der Waals surface area (Å²) in [5, 5.41) is 0. The van der Waals surface area contributed by atoms with Crippen molar-refractivity contribution in [1.29, 1.82) is 0 Å². The third-order valence-electron chi connectivity index (χ3n) is 3.70. The first-order valence-electron chi connectivity index (χ1n) is 6.49. The Balaban J connectivity index is 2.20. The van der Waals surface area contributed by atoms with E-state index in [-0.39, 0.29) is 12.0 Å². The van der Waals surface area contributed by atoms with Gasteiger partial charge in [-0.3, -0.25) is 4.90 Å². The summed E-state index contributed by atoms with van der Waals surface area (Å²) < 4.78 is 24.1. The molecule has 0 aromatic carbocycles. The van der Waals surface area contributed by atoms with Crippen molar-refractivity contribution in [2.24, 2.45) is 5.92 Å². The van der Waals surface area contributed by atoms with Gasteiger partial charge in [-0.2, -0.15) is 0 Å². The van der Waals surface area contributed by atoms with Crippen molar-refractivity contribution in [2.75, 3.05) is 7.11 Å². The zero-order valence-corrected chi connectivity index (χ0v) is 11.7. The van der Waals surface area contributed by atoms with E-state index < -0.39 is 29.9 Å². The van der Waals surface area contributed by atoms with Crippen LogP contribution in [0.4, 0.5) is 9.18 Å². The van der Waals surface area contributed by atoms with Crippen molar-refractivity contribution in [3.8, 4) is 0 Å². The summed E-state index contributed by atoms with van der Waals surface area (Å²) >= 11 is 0. The molecule has 0 N–H and O–H groups in total. The highest BCUT2D eigenvalue weighted by atomic mass is 19.1. The maximum Gasteiger partial charge on any atom is 0.411 e. The van der Waals surface area contributed by atoms with Gasteiger partial charge in [0, 0.05) is 12.0 Å². The Hall–Kier alpha value is -1.33. The third-order valence-corrected chi connectivity index (χ3v) is 3.70. The number of fused-ring (bicyclic) bond motifs is 1. The van der Waals surface area contributed by atoms with Crippen molar-refractivity contribution >= 4 is 12.1 Å². The molecule has 0 spiro atoms. The highest BCUT2D eigenvalue weighted by molar-refractivity contribution is 5.83. The smallest absolute Gasteiger partial charge is 0.411 e. The maximum atomic E-state index is 14.2. The van der Waals surface area contributed by atoms with E-state index in [0.29, 0.717) is 12.8 Å². The van der Waals surface area contributed by atoms with Crippen LogP contribution in [0.1, 0.15) is 33.6 Å². The summed E-state index contributed by atoms with van der Waals surface area (Å²) in [6, 6.07) is -1.41. The van der Waals surface area contributed by atoms with Crippen LogP contribution in [0.5, 0.6) is 0 Å². The van der Waals surface area contributed by atoms with Crippen molar-refractivity contribution in [1.82, 2.24) is 4.90 Å². The lowest BCUT2D eigenvalue weighted by Gasteiger charge is -2.37. The lowest BCUT2D eigenvalue weighted by atomic mass is 9.79. The molecule has 6 heteroatoms. The number of hydrogen-bond acceptors (Lipinski definition) is 4. The van der Waals surface area contributed by atoms with Crippen LogP contribution in [0.15, 0.2) is 0 Å². The van der Waals surface area contributed by atoms with Gasteiger partial charge >= 0.3 is 12.1 Å². The molecule has 1 aliphatic carbocycles. The second-order valence-electron chi connectivity index (χ2n) is 6.11. The van der Waals surface area contributed by atoms with Gasteiger partial charge in [0.25, 0.3) is 0 Å². The minimum atomic E-state index is -1.36. The summed E-state index contributed by atoms with van der Waals surface area (Å²) in [4.78, 5) is 25.1. The monoisotopic (exact) mass is 273 g/mol. The van der Waals surface area contributed by atoms with E-state index in [0.717, 1.165) is 0 Å². The van der Waals surface area contributed by atoms with Crippen LogP contribution in [0, 0.1) is 5.92 Å². The molecule has 0 aromatic heterocycles. The Morgan fingerprint density at radius 1 is 1.26 bits per heavy atom. The SMILES string of the molecule is COC(=O)[C@H]1[C@@H](F)[C@H]2CC[C@H]2N1C(=O)OC(C)(C)C. The van der Waals surface area contributed by atoms with Crippen LogP contribution in [0.3, 0.4) is 0 Å². The van der Waals surface area contributed by atoms with Crippen molar-refractivity contribution < 1.29 is 23.5 Å². The van der Waals surface area contributed by atoms with Gasteiger partial charge in [-0.1, -0.05) is 0 Å². The Morgan fingerprint density at radius 3 is 2.32 bits per heavy atom. The predicted molar refractivity (Wildman–Crippen MR) is 65.3 cm³/mol.